The molecular formula is C24H30N8O2. The second-order valence-corrected chi connectivity index (χ2v) is 9.40. The zero-order valence-corrected chi connectivity index (χ0v) is 19.5. The summed E-state index contributed by atoms with van der Waals surface area (Å²) in [5.74, 6) is 0.164. The van der Waals surface area contributed by atoms with Crippen molar-refractivity contribution in [2.45, 2.75) is 64.1 Å². The number of hydrogen-bond donors (Lipinski definition) is 3. The van der Waals surface area contributed by atoms with E-state index < -0.39 is 11.5 Å². The van der Waals surface area contributed by atoms with E-state index in [1.807, 2.05) is 24.3 Å². The summed E-state index contributed by atoms with van der Waals surface area (Å²) in [6.45, 7) is 3.78. The molecule has 34 heavy (non-hydrogen) atoms. The number of aromatic nitrogens is 5. The molecule has 178 valence electrons. The largest absolute Gasteiger partial charge is 0.384 e. The van der Waals surface area contributed by atoms with E-state index in [0.29, 0.717) is 30.4 Å². The molecule has 4 rings (SSSR count). The fourth-order valence-electron chi connectivity index (χ4n) is 4.47. The Morgan fingerprint density at radius 3 is 2.76 bits per heavy atom. The number of anilines is 2. The number of aliphatic hydroxyl groups is 1. The van der Waals surface area contributed by atoms with E-state index in [4.69, 9.17) is 5.73 Å². The first-order chi connectivity index (χ1) is 16.2. The molecule has 1 atom stereocenters. The van der Waals surface area contributed by atoms with Crippen molar-refractivity contribution >= 4 is 17.4 Å². The van der Waals surface area contributed by atoms with Gasteiger partial charge in [0.25, 0.3) is 5.91 Å². The SMILES string of the molecule is CC(C)(O)c1cn(Cc2cccc(Nc3nn(C(CC#N)C4CCCC4)cc3C(N)=O)c2)nn1. The second kappa shape index (κ2) is 9.65. The molecule has 0 aliphatic heterocycles. The molecule has 3 aromatic rings. The molecule has 0 saturated heterocycles. The van der Waals surface area contributed by atoms with Crippen molar-refractivity contribution in [3.8, 4) is 6.07 Å². The van der Waals surface area contributed by atoms with Gasteiger partial charge in [0, 0.05) is 11.9 Å². The van der Waals surface area contributed by atoms with Crippen LogP contribution in [0.4, 0.5) is 11.5 Å². The molecular weight excluding hydrogens is 432 g/mol. The van der Waals surface area contributed by atoms with E-state index in [9.17, 15) is 15.2 Å². The summed E-state index contributed by atoms with van der Waals surface area (Å²) >= 11 is 0. The summed E-state index contributed by atoms with van der Waals surface area (Å²) in [5, 5.41) is 35.4. The van der Waals surface area contributed by atoms with Gasteiger partial charge >= 0.3 is 0 Å². The van der Waals surface area contributed by atoms with Crippen LogP contribution in [0.2, 0.25) is 0 Å². The number of carbonyl (C=O) groups excluding carboxylic acids is 1. The van der Waals surface area contributed by atoms with E-state index in [1.165, 1.54) is 0 Å². The average molecular weight is 463 g/mol. The Hall–Kier alpha value is -3.71. The molecule has 10 nitrogen and oxygen atoms in total. The smallest absolute Gasteiger partial charge is 0.254 e. The van der Waals surface area contributed by atoms with Gasteiger partial charge in [-0.2, -0.15) is 10.4 Å². The number of rotatable bonds is 9. The molecule has 1 aliphatic rings. The van der Waals surface area contributed by atoms with Crippen LogP contribution in [0.1, 0.15) is 73.6 Å². The Bertz CT molecular complexity index is 1190. The van der Waals surface area contributed by atoms with Gasteiger partial charge in [-0.1, -0.05) is 30.2 Å². The topological polar surface area (TPSA) is 148 Å². The zero-order valence-electron chi connectivity index (χ0n) is 19.5. The van der Waals surface area contributed by atoms with Gasteiger partial charge in [-0.3, -0.25) is 9.48 Å². The summed E-state index contributed by atoms with van der Waals surface area (Å²) in [6, 6.07) is 9.84. The Morgan fingerprint density at radius 1 is 1.35 bits per heavy atom. The molecule has 0 bridgehead atoms. The molecule has 10 heteroatoms. The number of nitrogens with one attached hydrogen (secondary N) is 1. The monoisotopic (exact) mass is 462 g/mol. The van der Waals surface area contributed by atoms with Crippen molar-refractivity contribution in [2.24, 2.45) is 11.7 Å². The van der Waals surface area contributed by atoms with Gasteiger partial charge in [-0.25, -0.2) is 4.68 Å². The summed E-state index contributed by atoms with van der Waals surface area (Å²) < 4.78 is 3.39. The van der Waals surface area contributed by atoms with Crippen molar-refractivity contribution in [1.82, 2.24) is 24.8 Å². The van der Waals surface area contributed by atoms with Gasteiger partial charge in [0.1, 0.15) is 16.9 Å². The van der Waals surface area contributed by atoms with Crippen LogP contribution in [0.5, 0.6) is 0 Å². The van der Waals surface area contributed by atoms with E-state index >= 15 is 0 Å². The molecule has 1 amide bonds. The number of nitrogens with zero attached hydrogens (tertiary/aromatic N) is 6. The lowest BCUT2D eigenvalue weighted by atomic mass is 9.96. The molecule has 4 N–H and O–H groups in total. The van der Waals surface area contributed by atoms with Crippen molar-refractivity contribution in [3.63, 3.8) is 0 Å². The minimum Gasteiger partial charge on any atom is -0.384 e. The van der Waals surface area contributed by atoms with Crippen molar-refractivity contribution in [3.05, 3.63) is 53.5 Å². The number of benzene rings is 1. The van der Waals surface area contributed by atoms with Gasteiger partial charge in [0.15, 0.2) is 5.82 Å². The number of carbonyl (C=O) groups is 1. The summed E-state index contributed by atoms with van der Waals surface area (Å²) in [4.78, 5) is 12.1. The Labute approximate surface area is 198 Å². The highest BCUT2D eigenvalue weighted by Crippen LogP contribution is 2.36. The molecule has 2 heterocycles. The lowest BCUT2D eigenvalue weighted by Gasteiger charge is -2.21. The van der Waals surface area contributed by atoms with Crippen LogP contribution in [0.25, 0.3) is 0 Å². The lowest BCUT2D eigenvalue weighted by molar-refractivity contribution is 0.0737. The molecule has 1 fully saturated rings. The fourth-order valence-corrected chi connectivity index (χ4v) is 4.47. The highest BCUT2D eigenvalue weighted by Gasteiger charge is 2.28. The average Bonchev–Trinajstić information content (AvgIpc) is 3.53. The van der Waals surface area contributed by atoms with Gasteiger partial charge in [0.05, 0.1) is 31.3 Å². The number of primary amides is 1. The van der Waals surface area contributed by atoms with Gasteiger partial charge in [0.2, 0.25) is 0 Å². The first-order valence-electron chi connectivity index (χ1n) is 11.5. The van der Waals surface area contributed by atoms with Crippen molar-refractivity contribution in [1.29, 1.82) is 5.26 Å². The first-order valence-corrected chi connectivity index (χ1v) is 11.5. The summed E-state index contributed by atoms with van der Waals surface area (Å²) in [6.07, 6.45) is 8.12. The molecule has 0 spiro atoms. The first kappa shape index (κ1) is 23.4. The number of hydrogen-bond acceptors (Lipinski definition) is 7. The maximum absolute atomic E-state index is 12.1. The summed E-state index contributed by atoms with van der Waals surface area (Å²) in [5.41, 5.74) is 7.05. The van der Waals surface area contributed by atoms with E-state index in [0.717, 1.165) is 36.9 Å². The molecule has 1 saturated carbocycles. The van der Waals surface area contributed by atoms with Crippen LogP contribution in [0, 0.1) is 17.2 Å². The van der Waals surface area contributed by atoms with E-state index in [2.05, 4.69) is 26.8 Å². The van der Waals surface area contributed by atoms with Gasteiger partial charge in [-0.15, -0.1) is 5.10 Å². The fraction of sp³-hybridized carbons (Fsp3) is 0.458. The maximum Gasteiger partial charge on any atom is 0.254 e. The summed E-state index contributed by atoms with van der Waals surface area (Å²) in [7, 11) is 0. The standard InChI is InChI=1S/C24H30N8O2/c1-24(2,34)21-15-31(30-28-21)13-16-6-5-9-18(12-16)27-23-19(22(26)33)14-32(29-23)20(10-11-25)17-7-3-4-8-17/h5-6,9,12,14-15,17,20,34H,3-4,7-8,10,13H2,1-2H3,(H2,26,33)(H,27,29). The van der Waals surface area contributed by atoms with Crippen LogP contribution in [-0.2, 0) is 12.1 Å². The Kier molecular flexibility index (Phi) is 6.65. The second-order valence-electron chi connectivity index (χ2n) is 9.40. The highest BCUT2D eigenvalue weighted by atomic mass is 16.3. The van der Waals surface area contributed by atoms with Gasteiger partial charge in [-0.05, 0) is 50.3 Å². The van der Waals surface area contributed by atoms with Crippen LogP contribution >= 0.6 is 0 Å². The highest BCUT2D eigenvalue weighted by molar-refractivity contribution is 5.98. The third kappa shape index (κ3) is 5.26. The van der Waals surface area contributed by atoms with Crippen LogP contribution in [-0.4, -0.2) is 35.8 Å². The predicted molar refractivity (Wildman–Crippen MR) is 126 cm³/mol. The minimum absolute atomic E-state index is 0.0789. The molecule has 2 aromatic heterocycles. The molecule has 1 aromatic carbocycles. The minimum atomic E-state index is -1.06. The molecule has 1 aliphatic carbocycles. The van der Waals surface area contributed by atoms with E-state index in [1.54, 1.807) is 35.6 Å². The lowest BCUT2D eigenvalue weighted by Crippen LogP contribution is -2.18. The maximum atomic E-state index is 12.1. The molecule has 0 radical (unpaired) electrons. The Morgan fingerprint density at radius 2 is 2.12 bits per heavy atom. The van der Waals surface area contributed by atoms with Crippen molar-refractivity contribution in [2.75, 3.05) is 5.32 Å². The number of amides is 1. The van der Waals surface area contributed by atoms with Gasteiger partial charge < -0.3 is 16.2 Å². The number of nitrogens with two attached hydrogens (primary N) is 1. The zero-order chi connectivity index (χ0) is 24.3. The third-order valence-corrected chi connectivity index (χ3v) is 6.28. The third-order valence-electron chi connectivity index (χ3n) is 6.28. The van der Waals surface area contributed by atoms with E-state index in [-0.39, 0.29) is 11.6 Å². The quantitative estimate of drug-likeness (QED) is 0.442. The number of nitriles is 1. The normalized spacial score (nSPS) is 15.2. The van der Waals surface area contributed by atoms with Crippen LogP contribution in [0.15, 0.2) is 36.7 Å². The molecule has 1 unspecified atom stereocenters. The van der Waals surface area contributed by atoms with Crippen molar-refractivity contribution < 1.29 is 9.90 Å². The Balaban J connectivity index is 1.56. The predicted octanol–water partition coefficient (Wildman–Crippen LogP) is 3.24. The van der Waals surface area contributed by atoms with Crippen LogP contribution < -0.4 is 11.1 Å². The van der Waals surface area contributed by atoms with Crippen LogP contribution in [0.3, 0.4) is 0 Å².